The fourth-order valence-electron chi connectivity index (χ4n) is 1.70. The fourth-order valence-corrected chi connectivity index (χ4v) is 5.46. The smallest absolute Gasteiger partial charge is 0.377 e. The molecule has 0 aromatic carbocycles. The summed E-state index contributed by atoms with van der Waals surface area (Å²) in [6.45, 7) is 3.99. The van der Waals surface area contributed by atoms with Crippen molar-refractivity contribution in [3.63, 3.8) is 0 Å². The average Bonchev–Trinajstić information content (AvgIpc) is 2.43. The van der Waals surface area contributed by atoms with Gasteiger partial charge >= 0.3 is 17.6 Å². The monoisotopic (exact) mass is 296 g/mol. The largest absolute Gasteiger partial charge is 0.531 e. The van der Waals surface area contributed by atoms with Crippen LogP contribution in [-0.2, 0) is 26.6 Å². The normalized spacial score (nSPS) is 12.8. The van der Waals surface area contributed by atoms with Crippen molar-refractivity contribution < 1.29 is 26.6 Å². The van der Waals surface area contributed by atoms with E-state index in [1.807, 2.05) is 0 Å². The third kappa shape index (κ3) is 3.97. The Hall–Kier alpha value is -0.0662. The molecule has 0 aliphatic carbocycles. The van der Waals surface area contributed by atoms with E-state index in [9.17, 15) is 0 Å². The van der Waals surface area contributed by atoms with E-state index in [1.165, 1.54) is 0 Å². The number of hydrogen-bond acceptors (Lipinski definition) is 6. The van der Waals surface area contributed by atoms with Crippen LogP contribution in [0, 0.1) is 0 Å². The summed E-state index contributed by atoms with van der Waals surface area (Å²) in [6, 6.07) is 0.597. The lowest BCUT2D eigenvalue weighted by Crippen LogP contribution is -2.47. The zero-order valence-corrected chi connectivity index (χ0v) is 14.1. The van der Waals surface area contributed by atoms with Crippen LogP contribution in [0.15, 0.2) is 11.8 Å². The zero-order valence-electron chi connectivity index (χ0n) is 12.1. The molecule has 0 aromatic rings. The molecular formula is C10H24O6Si2. The molecule has 0 bridgehead atoms. The van der Waals surface area contributed by atoms with Crippen molar-refractivity contribution in [3.8, 4) is 0 Å². The van der Waals surface area contributed by atoms with E-state index < -0.39 is 17.6 Å². The highest BCUT2D eigenvalue weighted by molar-refractivity contribution is 6.69. The van der Waals surface area contributed by atoms with Crippen LogP contribution in [0.3, 0.4) is 0 Å². The van der Waals surface area contributed by atoms with Gasteiger partial charge in [0.2, 0.25) is 0 Å². The highest BCUT2D eigenvalue weighted by Crippen LogP contribution is 2.25. The summed E-state index contributed by atoms with van der Waals surface area (Å²) in [6.07, 6.45) is 0.601. The standard InChI is InChI=1S/C10H24O6Si2/c1-10(18(14-5,15-6)16-7)8-9-17(11-2,12-3)13-4/h1,8-9H2,2-7H3. The molecule has 0 radical (unpaired) electrons. The van der Waals surface area contributed by atoms with E-state index in [0.717, 1.165) is 5.20 Å². The Morgan fingerprint density at radius 1 is 0.778 bits per heavy atom. The minimum absolute atomic E-state index is 0.597. The van der Waals surface area contributed by atoms with Crippen molar-refractivity contribution >= 4 is 17.6 Å². The molecule has 0 N–H and O–H groups in total. The molecular weight excluding hydrogens is 272 g/mol. The predicted molar refractivity (Wildman–Crippen MR) is 72.1 cm³/mol. The molecule has 0 aromatic heterocycles. The fraction of sp³-hybridized carbons (Fsp3) is 0.800. The lowest BCUT2D eigenvalue weighted by molar-refractivity contribution is 0.121. The molecule has 0 saturated heterocycles. The van der Waals surface area contributed by atoms with Crippen LogP contribution in [0.4, 0.5) is 0 Å². The molecule has 0 atom stereocenters. The summed E-state index contributed by atoms with van der Waals surface area (Å²) >= 11 is 0. The third-order valence-corrected chi connectivity index (χ3v) is 8.36. The van der Waals surface area contributed by atoms with Gasteiger partial charge in [-0.2, -0.15) is 0 Å². The molecule has 6 nitrogen and oxygen atoms in total. The first-order chi connectivity index (χ1) is 8.49. The van der Waals surface area contributed by atoms with Gasteiger partial charge in [0.1, 0.15) is 0 Å². The van der Waals surface area contributed by atoms with Crippen LogP contribution in [-0.4, -0.2) is 60.3 Å². The predicted octanol–water partition coefficient (Wildman–Crippen LogP) is 1.23. The molecule has 0 heterocycles. The quantitative estimate of drug-likeness (QED) is 0.565. The Morgan fingerprint density at radius 3 is 1.44 bits per heavy atom. The van der Waals surface area contributed by atoms with Crippen molar-refractivity contribution in [2.45, 2.75) is 12.5 Å². The second kappa shape index (κ2) is 8.17. The second-order valence-electron chi connectivity index (χ2n) is 3.57. The van der Waals surface area contributed by atoms with Gasteiger partial charge in [-0.15, -0.1) is 0 Å². The van der Waals surface area contributed by atoms with Gasteiger partial charge in [0.15, 0.2) is 0 Å². The Bertz CT molecular complexity index is 236. The van der Waals surface area contributed by atoms with Gasteiger partial charge in [0.05, 0.1) is 0 Å². The van der Waals surface area contributed by atoms with Crippen molar-refractivity contribution in [3.05, 3.63) is 11.8 Å². The van der Waals surface area contributed by atoms with E-state index >= 15 is 0 Å². The van der Waals surface area contributed by atoms with E-state index in [-0.39, 0.29) is 0 Å². The molecule has 0 aliphatic heterocycles. The van der Waals surface area contributed by atoms with Crippen molar-refractivity contribution in [2.24, 2.45) is 0 Å². The lowest BCUT2D eigenvalue weighted by Gasteiger charge is -2.29. The van der Waals surface area contributed by atoms with Crippen LogP contribution in [0.2, 0.25) is 6.04 Å². The minimum Gasteiger partial charge on any atom is -0.377 e. The van der Waals surface area contributed by atoms with Crippen LogP contribution in [0.25, 0.3) is 0 Å². The van der Waals surface area contributed by atoms with E-state index in [2.05, 4.69) is 6.58 Å². The molecule has 108 valence electrons. The molecule has 0 amide bonds. The van der Waals surface area contributed by atoms with Gasteiger partial charge in [0.25, 0.3) is 0 Å². The summed E-state index contributed by atoms with van der Waals surface area (Å²) in [5.74, 6) is 0. The maximum atomic E-state index is 5.35. The van der Waals surface area contributed by atoms with Crippen LogP contribution >= 0.6 is 0 Å². The lowest BCUT2D eigenvalue weighted by atomic mass is 10.5. The summed E-state index contributed by atoms with van der Waals surface area (Å²) in [7, 11) is 4.00. The van der Waals surface area contributed by atoms with Crippen LogP contribution in [0.5, 0.6) is 0 Å². The van der Waals surface area contributed by atoms with Gasteiger partial charge in [0, 0.05) is 48.7 Å². The molecule has 0 fully saturated rings. The third-order valence-electron chi connectivity index (χ3n) is 2.91. The van der Waals surface area contributed by atoms with Gasteiger partial charge < -0.3 is 26.6 Å². The topological polar surface area (TPSA) is 55.4 Å². The number of allylic oxidation sites excluding steroid dienone is 1. The Kier molecular flexibility index (Phi) is 8.14. The average molecular weight is 296 g/mol. The molecule has 8 heteroatoms. The minimum atomic E-state index is -2.80. The van der Waals surface area contributed by atoms with Crippen molar-refractivity contribution in [1.29, 1.82) is 0 Å². The van der Waals surface area contributed by atoms with Gasteiger partial charge in [-0.05, 0) is 11.6 Å². The van der Waals surface area contributed by atoms with Gasteiger partial charge in [-0.1, -0.05) is 6.58 Å². The van der Waals surface area contributed by atoms with E-state index in [0.29, 0.717) is 12.5 Å². The summed E-state index contributed by atoms with van der Waals surface area (Å²) in [5.41, 5.74) is 0. The van der Waals surface area contributed by atoms with E-state index in [4.69, 9.17) is 26.6 Å². The zero-order chi connectivity index (χ0) is 14.2. The van der Waals surface area contributed by atoms with Gasteiger partial charge in [-0.25, -0.2) is 0 Å². The summed E-state index contributed by atoms with van der Waals surface area (Å²) in [4.78, 5) is 0. The molecule has 0 spiro atoms. The van der Waals surface area contributed by atoms with E-state index in [1.54, 1.807) is 42.7 Å². The van der Waals surface area contributed by atoms with Crippen LogP contribution < -0.4 is 0 Å². The first kappa shape index (κ1) is 17.9. The molecule has 0 saturated carbocycles. The Labute approximate surface area is 112 Å². The summed E-state index contributed by atoms with van der Waals surface area (Å²) in [5, 5.41) is 0.776. The number of hydrogen-bond donors (Lipinski definition) is 0. The van der Waals surface area contributed by atoms with Crippen LogP contribution in [0.1, 0.15) is 6.42 Å². The highest BCUT2D eigenvalue weighted by atomic mass is 28.4. The number of rotatable bonds is 10. The van der Waals surface area contributed by atoms with Crippen molar-refractivity contribution in [2.75, 3.05) is 42.7 Å². The SMILES string of the molecule is C=C(CC[Si](OC)(OC)OC)[Si](OC)(OC)OC. The maximum absolute atomic E-state index is 5.35. The molecule has 0 rings (SSSR count). The maximum Gasteiger partial charge on any atom is 0.531 e. The second-order valence-corrected chi connectivity index (χ2v) is 9.70. The van der Waals surface area contributed by atoms with Gasteiger partial charge in [-0.3, -0.25) is 0 Å². The molecule has 0 unspecified atom stereocenters. The first-order valence-corrected chi connectivity index (χ1v) is 9.14. The Balaban J connectivity index is 4.66. The molecule has 18 heavy (non-hydrogen) atoms. The Morgan fingerprint density at radius 2 is 1.17 bits per heavy atom. The highest BCUT2D eigenvalue weighted by Gasteiger charge is 2.44. The first-order valence-electron chi connectivity index (χ1n) is 5.48. The summed E-state index contributed by atoms with van der Waals surface area (Å²) < 4.78 is 32.1. The van der Waals surface area contributed by atoms with Crippen molar-refractivity contribution in [1.82, 2.24) is 0 Å². The molecule has 0 aliphatic rings.